The number of pyridine rings is 1. The second-order valence-corrected chi connectivity index (χ2v) is 6.47. The van der Waals surface area contributed by atoms with Gasteiger partial charge in [0.15, 0.2) is 0 Å². The Morgan fingerprint density at radius 3 is 2.44 bits per heavy atom. The third-order valence-electron chi connectivity index (χ3n) is 4.92. The van der Waals surface area contributed by atoms with E-state index in [9.17, 15) is 18.4 Å². The number of hydrogen-bond acceptors (Lipinski definition) is 2. The van der Waals surface area contributed by atoms with Crippen molar-refractivity contribution in [2.45, 2.75) is 6.54 Å². The van der Waals surface area contributed by atoms with Gasteiger partial charge in [-0.2, -0.15) is 0 Å². The van der Waals surface area contributed by atoms with E-state index in [0.29, 0.717) is 16.9 Å². The highest BCUT2D eigenvalue weighted by Crippen LogP contribution is 2.34. The lowest BCUT2D eigenvalue weighted by Crippen LogP contribution is -2.21. The first-order valence-corrected chi connectivity index (χ1v) is 8.38. The van der Waals surface area contributed by atoms with Gasteiger partial charge in [-0.3, -0.25) is 14.2 Å². The van der Waals surface area contributed by atoms with Crippen LogP contribution in [0.4, 0.5) is 8.78 Å². The average molecular weight is 362 g/mol. The number of rotatable bonds is 2. The van der Waals surface area contributed by atoms with Crippen LogP contribution < -0.4 is 5.43 Å². The van der Waals surface area contributed by atoms with E-state index in [1.165, 1.54) is 28.8 Å². The zero-order valence-electron chi connectivity index (χ0n) is 13.9. The Labute approximate surface area is 151 Å². The number of aromatic nitrogens is 2. The van der Waals surface area contributed by atoms with Gasteiger partial charge < -0.3 is 4.57 Å². The number of fused-ring (bicyclic) bond motifs is 4. The van der Waals surface area contributed by atoms with E-state index in [-0.39, 0.29) is 23.3 Å². The van der Waals surface area contributed by atoms with Crippen LogP contribution in [0.25, 0.3) is 22.3 Å². The zero-order chi connectivity index (χ0) is 18.7. The van der Waals surface area contributed by atoms with Crippen molar-refractivity contribution in [3.8, 4) is 11.4 Å². The van der Waals surface area contributed by atoms with E-state index in [2.05, 4.69) is 0 Å². The summed E-state index contributed by atoms with van der Waals surface area (Å²) in [6, 6.07) is 13.8. The van der Waals surface area contributed by atoms with Crippen LogP contribution in [0.1, 0.15) is 15.9 Å². The average Bonchev–Trinajstić information content (AvgIpc) is 3.23. The minimum atomic E-state index is -0.669. The summed E-state index contributed by atoms with van der Waals surface area (Å²) in [5.74, 6) is -1.49. The summed E-state index contributed by atoms with van der Waals surface area (Å²) < 4.78 is 30.9. The molecule has 2 aromatic carbocycles. The van der Waals surface area contributed by atoms with Gasteiger partial charge in [0.2, 0.25) is 5.43 Å². The predicted molar refractivity (Wildman–Crippen MR) is 96.8 cm³/mol. The Kier molecular flexibility index (Phi) is 3.18. The molecule has 2 aromatic heterocycles. The molecule has 27 heavy (non-hydrogen) atoms. The number of carbonyl (C=O) groups excluding carboxylic acids is 1. The number of carbonyl (C=O) groups is 1. The molecule has 132 valence electrons. The van der Waals surface area contributed by atoms with Crippen molar-refractivity contribution in [1.29, 1.82) is 0 Å². The Bertz CT molecular complexity index is 1300. The highest BCUT2D eigenvalue weighted by Gasteiger charge is 2.33. The highest BCUT2D eigenvalue weighted by molar-refractivity contribution is 6.10. The topological polar surface area (TPSA) is 44.0 Å². The largest absolute Gasteiger partial charge is 0.334 e. The molecule has 1 aliphatic rings. The van der Waals surface area contributed by atoms with Crippen molar-refractivity contribution in [2.75, 3.05) is 0 Å². The van der Waals surface area contributed by atoms with E-state index >= 15 is 0 Å². The van der Waals surface area contributed by atoms with Crippen molar-refractivity contribution in [1.82, 2.24) is 9.13 Å². The molecule has 3 heterocycles. The minimum absolute atomic E-state index is 0.0367. The van der Waals surface area contributed by atoms with Gasteiger partial charge in [-0.25, -0.2) is 8.78 Å². The first-order chi connectivity index (χ1) is 13.1. The summed E-state index contributed by atoms with van der Waals surface area (Å²) in [5, 5.41) is -0.113. The van der Waals surface area contributed by atoms with Crippen molar-refractivity contribution in [2.24, 2.45) is 0 Å². The van der Waals surface area contributed by atoms with Crippen molar-refractivity contribution >= 4 is 16.8 Å². The van der Waals surface area contributed by atoms with Crippen LogP contribution in [0.15, 0.2) is 65.6 Å². The highest BCUT2D eigenvalue weighted by atomic mass is 19.1. The van der Waals surface area contributed by atoms with Gasteiger partial charge in [0.05, 0.1) is 22.3 Å². The molecule has 0 amide bonds. The molecular formula is C21H12F2N2O2. The normalized spacial score (nSPS) is 12.4. The molecule has 0 aliphatic carbocycles. The minimum Gasteiger partial charge on any atom is -0.334 e. The fourth-order valence-corrected chi connectivity index (χ4v) is 3.72. The molecule has 1 aliphatic heterocycles. The van der Waals surface area contributed by atoms with E-state index < -0.39 is 17.2 Å². The first-order valence-electron chi connectivity index (χ1n) is 8.38. The van der Waals surface area contributed by atoms with Crippen LogP contribution in [-0.2, 0) is 6.54 Å². The fourth-order valence-electron chi connectivity index (χ4n) is 3.72. The van der Waals surface area contributed by atoms with Crippen molar-refractivity contribution < 1.29 is 13.6 Å². The maximum Gasteiger partial charge on any atom is 0.268 e. The van der Waals surface area contributed by atoms with Crippen LogP contribution in [0.5, 0.6) is 0 Å². The molecular weight excluding hydrogens is 350 g/mol. The molecule has 0 atom stereocenters. The smallest absolute Gasteiger partial charge is 0.268 e. The number of nitrogens with zero attached hydrogens (tertiary/aromatic N) is 2. The second-order valence-electron chi connectivity index (χ2n) is 6.47. The van der Waals surface area contributed by atoms with Gasteiger partial charge in [-0.05, 0) is 42.0 Å². The van der Waals surface area contributed by atoms with E-state index in [1.54, 1.807) is 41.1 Å². The summed E-state index contributed by atoms with van der Waals surface area (Å²) in [7, 11) is 0. The third-order valence-corrected chi connectivity index (χ3v) is 4.92. The van der Waals surface area contributed by atoms with Crippen LogP contribution in [0.3, 0.4) is 0 Å². The van der Waals surface area contributed by atoms with Crippen molar-refractivity contribution in [3.05, 3.63) is 93.8 Å². The Morgan fingerprint density at radius 1 is 0.889 bits per heavy atom. The lowest BCUT2D eigenvalue weighted by Gasteiger charge is -2.16. The zero-order valence-corrected chi connectivity index (χ0v) is 13.9. The molecule has 4 nitrogen and oxygen atoms in total. The number of benzene rings is 2. The number of hydrogen-bond donors (Lipinski definition) is 0. The maximum absolute atomic E-state index is 14.5. The monoisotopic (exact) mass is 362 g/mol. The third kappa shape index (κ3) is 2.13. The van der Waals surface area contributed by atoms with Gasteiger partial charge in [0.1, 0.15) is 17.2 Å². The van der Waals surface area contributed by atoms with E-state index in [1.807, 2.05) is 0 Å². The molecule has 0 spiro atoms. The van der Waals surface area contributed by atoms with Crippen molar-refractivity contribution in [3.63, 3.8) is 0 Å². The summed E-state index contributed by atoms with van der Waals surface area (Å²) in [5.41, 5.74) is 1.56. The van der Waals surface area contributed by atoms with Crippen LogP contribution >= 0.6 is 0 Å². The van der Waals surface area contributed by atoms with Gasteiger partial charge in [0, 0.05) is 12.7 Å². The summed E-state index contributed by atoms with van der Waals surface area (Å²) in [6.07, 6.45) is 1.58. The SMILES string of the molecule is O=C1c2c(n(Cc3ccc(F)cc3)c3cccc(F)c3c2=O)-c2cccn21. The van der Waals surface area contributed by atoms with Crippen LogP contribution in [-0.4, -0.2) is 15.0 Å². The molecule has 0 saturated carbocycles. The Morgan fingerprint density at radius 2 is 1.67 bits per heavy atom. The van der Waals surface area contributed by atoms with Gasteiger partial charge in [0.25, 0.3) is 5.91 Å². The molecule has 0 bridgehead atoms. The Balaban J connectivity index is 1.89. The van der Waals surface area contributed by atoms with Gasteiger partial charge >= 0.3 is 0 Å². The molecule has 4 aromatic rings. The first kappa shape index (κ1) is 15.7. The summed E-state index contributed by atoms with van der Waals surface area (Å²) in [4.78, 5) is 25.7. The van der Waals surface area contributed by atoms with Gasteiger partial charge in [-0.15, -0.1) is 0 Å². The molecule has 5 rings (SSSR count). The maximum atomic E-state index is 14.5. The molecule has 0 fully saturated rings. The molecule has 0 saturated heterocycles. The summed E-state index contributed by atoms with van der Waals surface area (Å²) in [6.45, 7) is 0.265. The van der Waals surface area contributed by atoms with Crippen LogP contribution in [0, 0.1) is 11.6 Å². The predicted octanol–water partition coefficient (Wildman–Crippen LogP) is 3.80. The van der Waals surface area contributed by atoms with E-state index in [4.69, 9.17) is 0 Å². The Hall–Kier alpha value is -3.54. The standard InChI is InChI=1S/C21H12F2N2O2/c22-13-8-6-12(7-9-13)11-25-15-4-1-3-14(23)17(15)20(26)18-19(25)16-5-2-10-24(16)21(18)27/h1-10H,11H2. The summed E-state index contributed by atoms with van der Waals surface area (Å²) >= 11 is 0. The van der Waals surface area contributed by atoms with E-state index in [0.717, 1.165) is 5.56 Å². The fraction of sp³-hybridized carbons (Fsp3) is 0.0476. The molecule has 0 radical (unpaired) electrons. The van der Waals surface area contributed by atoms with Crippen LogP contribution in [0.2, 0.25) is 0 Å². The van der Waals surface area contributed by atoms with Gasteiger partial charge in [-0.1, -0.05) is 18.2 Å². The molecule has 0 unspecified atom stereocenters. The number of halogens is 2. The quantitative estimate of drug-likeness (QED) is 0.479. The molecule has 0 N–H and O–H groups in total. The second kappa shape index (κ2) is 5.48. The lowest BCUT2D eigenvalue weighted by molar-refractivity contribution is 0.0968. The lowest BCUT2D eigenvalue weighted by atomic mass is 10.1. The molecule has 6 heteroatoms.